The molecule has 0 saturated carbocycles. The Morgan fingerprint density at radius 1 is 0.957 bits per heavy atom. The van der Waals surface area contributed by atoms with Gasteiger partial charge < -0.3 is 10.2 Å². The molecule has 0 atom stereocenters. The van der Waals surface area contributed by atoms with Crippen LogP contribution in [-0.2, 0) is 0 Å². The van der Waals surface area contributed by atoms with Crippen LogP contribution in [0.2, 0.25) is 0 Å². The predicted molar refractivity (Wildman–Crippen MR) is 96.5 cm³/mol. The van der Waals surface area contributed by atoms with Crippen LogP contribution < -0.4 is 10.2 Å². The van der Waals surface area contributed by atoms with Gasteiger partial charge in [0, 0.05) is 30.0 Å². The van der Waals surface area contributed by atoms with Crippen molar-refractivity contribution < 1.29 is 4.79 Å². The summed E-state index contributed by atoms with van der Waals surface area (Å²) in [4.78, 5) is 14.9. The SMILES string of the molecule is Cc1ccc(C(=O)Nc2ccc(N3CCCC3)cc2C)c(C)c1. The molecular weight excluding hydrogens is 284 g/mol. The molecule has 1 amide bonds. The van der Waals surface area contributed by atoms with Crippen molar-refractivity contribution in [2.24, 2.45) is 0 Å². The van der Waals surface area contributed by atoms with Gasteiger partial charge >= 0.3 is 0 Å². The molecule has 23 heavy (non-hydrogen) atoms. The Morgan fingerprint density at radius 3 is 2.35 bits per heavy atom. The number of amides is 1. The Kier molecular flexibility index (Phi) is 4.37. The number of benzene rings is 2. The van der Waals surface area contributed by atoms with Crippen LogP contribution in [0.1, 0.15) is 39.9 Å². The molecule has 0 bridgehead atoms. The summed E-state index contributed by atoms with van der Waals surface area (Å²) >= 11 is 0. The van der Waals surface area contributed by atoms with Crippen molar-refractivity contribution in [2.75, 3.05) is 23.3 Å². The number of hydrogen-bond acceptors (Lipinski definition) is 2. The van der Waals surface area contributed by atoms with Crippen LogP contribution in [0.5, 0.6) is 0 Å². The third kappa shape index (κ3) is 3.39. The Labute approximate surface area is 138 Å². The Bertz CT molecular complexity index is 730. The monoisotopic (exact) mass is 308 g/mol. The molecule has 3 nitrogen and oxygen atoms in total. The zero-order valence-corrected chi connectivity index (χ0v) is 14.1. The van der Waals surface area contributed by atoms with Crippen molar-refractivity contribution in [1.29, 1.82) is 0 Å². The van der Waals surface area contributed by atoms with E-state index in [1.54, 1.807) is 0 Å². The first-order valence-corrected chi connectivity index (χ1v) is 8.29. The summed E-state index contributed by atoms with van der Waals surface area (Å²) in [6.45, 7) is 8.33. The number of rotatable bonds is 3. The highest BCUT2D eigenvalue weighted by Gasteiger charge is 2.14. The van der Waals surface area contributed by atoms with Crippen LogP contribution in [0.15, 0.2) is 36.4 Å². The summed E-state index contributed by atoms with van der Waals surface area (Å²) in [6, 6.07) is 12.2. The summed E-state index contributed by atoms with van der Waals surface area (Å²) in [5.74, 6) is -0.0421. The van der Waals surface area contributed by atoms with Crippen molar-refractivity contribution in [3.63, 3.8) is 0 Å². The van der Waals surface area contributed by atoms with Crippen LogP contribution in [-0.4, -0.2) is 19.0 Å². The minimum absolute atomic E-state index is 0.0421. The molecule has 1 N–H and O–H groups in total. The van der Waals surface area contributed by atoms with Crippen LogP contribution in [0.3, 0.4) is 0 Å². The lowest BCUT2D eigenvalue weighted by molar-refractivity contribution is 0.102. The number of aryl methyl sites for hydroxylation is 3. The molecule has 0 aromatic heterocycles. The highest BCUT2D eigenvalue weighted by atomic mass is 16.1. The molecule has 0 aliphatic carbocycles. The van der Waals surface area contributed by atoms with Crippen LogP contribution in [0, 0.1) is 20.8 Å². The maximum Gasteiger partial charge on any atom is 0.255 e. The zero-order chi connectivity index (χ0) is 16.4. The van der Waals surface area contributed by atoms with Crippen LogP contribution in [0.4, 0.5) is 11.4 Å². The van der Waals surface area contributed by atoms with Gasteiger partial charge in [0.25, 0.3) is 5.91 Å². The van der Waals surface area contributed by atoms with Gasteiger partial charge in [-0.05, 0) is 69.0 Å². The predicted octanol–water partition coefficient (Wildman–Crippen LogP) is 4.46. The lowest BCUT2D eigenvalue weighted by Gasteiger charge is -2.19. The van der Waals surface area contributed by atoms with Crippen LogP contribution >= 0.6 is 0 Å². The van der Waals surface area contributed by atoms with Gasteiger partial charge in [-0.1, -0.05) is 17.7 Å². The van der Waals surface area contributed by atoms with Gasteiger partial charge in [0.05, 0.1) is 0 Å². The molecule has 3 rings (SSSR count). The average molecular weight is 308 g/mol. The molecule has 1 fully saturated rings. The Balaban J connectivity index is 1.78. The van der Waals surface area contributed by atoms with Gasteiger partial charge in [-0.2, -0.15) is 0 Å². The molecule has 0 spiro atoms. The highest BCUT2D eigenvalue weighted by Crippen LogP contribution is 2.26. The fourth-order valence-corrected chi connectivity index (χ4v) is 3.22. The number of carbonyl (C=O) groups excluding carboxylic acids is 1. The first kappa shape index (κ1) is 15.6. The van der Waals surface area contributed by atoms with E-state index in [0.717, 1.165) is 35.5 Å². The molecule has 3 heteroatoms. The van der Waals surface area contributed by atoms with Crippen LogP contribution in [0.25, 0.3) is 0 Å². The molecule has 0 radical (unpaired) electrons. The summed E-state index contributed by atoms with van der Waals surface area (Å²) in [6.07, 6.45) is 2.54. The van der Waals surface area contributed by atoms with E-state index in [4.69, 9.17) is 0 Å². The van der Waals surface area contributed by atoms with E-state index in [2.05, 4.69) is 29.3 Å². The third-order valence-corrected chi connectivity index (χ3v) is 4.56. The molecule has 0 unspecified atom stereocenters. The number of hydrogen-bond donors (Lipinski definition) is 1. The van der Waals surface area contributed by atoms with Gasteiger partial charge in [0.2, 0.25) is 0 Å². The summed E-state index contributed by atoms with van der Waals surface area (Å²) in [5.41, 5.74) is 6.16. The van der Waals surface area contributed by atoms with Crippen molar-refractivity contribution in [3.8, 4) is 0 Å². The number of carbonyl (C=O) groups is 1. The minimum atomic E-state index is -0.0421. The maximum atomic E-state index is 12.5. The summed E-state index contributed by atoms with van der Waals surface area (Å²) < 4.78 is 0. The third-order valence-electron chi connectivity index (χ3n) is 4.56. The second kappa shape index (κ2) is 6.45. The maximum absolute atomic E-state index is 12.5. The van der Waals surface area contributed by atoms with E-state index >= 15 is 0 Å². The topological polar surface area (TPSA) is 32.3 Å². The fraction of sp³-hybridized carbons (Fsp3) is 0.350. The molecule has 2 aromatic rings. The van der Waals surface area contributed by atoms with Gasteiger partial charge in [-0.25, -0.2) is 0 Å². The summed E-state index contributed by atoms with van der Waals surface area (Å²) in [5, 5.41) is 3.05. The molecular formula is C20H24N2O. The molecule has 1 saturated heterocycles. The number of anilines is 2. The molecule has 2 aromatic carbocycles. The normalized spacial score (nSPS) is 14.1. The largest absolute Gasteiger partial charge is 0.372 e. The van der Waals surface area contributed by atoms with Crippen molar-refractivity contribution >= 4 is 17.3 Å². The fourth-order valence-electron chi connectivity index (χ4n) is 3.22. The molecule has 1 aliphatic heterocycles. The average Bonchev–Trinajstić information content (AvgIpc) is 3.03. The van der Waals surface area contributed by atoms with Gasteiger partial charge in [-0.3, -0.25) is 4.79 Å². The molecule has 1 aliphatic rings. The van der Waals surface area contributed by atoms with E-state index in [0.29, 0.717) is 0 Å². The van der Waals surface area contributed by atoms with E-state index in [9.17, 15) is 4.79 Å². The lowest BCUT2D eigenvalue weighted by Crippen LogP contribution is -2.18. The first-order valence-electron chi connectivity index (χ1n) is 8.29. The van der Waals surface area contributed by atoms with Crippen molar-refractivity contribution in [1.82, 2.24) is 0 Å². The smallest absolute Gasteiger partial charge is 0.255 e. The van der Waals surface area contributed by atoms with Gasteiger partial charge in [0.15, 0.2) is 0 Å². The Hall–Kier alpha value is -2.29. The van der Waals surface area contributed by atoms with Gasteiger partial charge in [-0.15, -0.1) is 0 Å². The summed E-state index contributed by atoms with van der Waals surface area (Å²) in [7, 11) is 0. The minimum Gasteiger partial charge on any atom is -0.372 e. The van der Waals surface area contributed by atoms with E-state index < -0.39 is 0 Å². The second-order valence-electron chi connectivity index (χ2n) is 6.47. The highest BCUT2D eigenvalue weighted by molar-refractivity contribution is 6.05. The second-order valence-corrected chi connectivity index (χ2v) is 6.47. The van der Waals surface area contributed by atoms with Gasteiger partial charge in [0.1, 0.15) is 0 Å². The van der Waals surface area contributed by atoms with Crippen molar-refractivity contribution in [2.45, 2.75) is 33.6 Å². The quantitative estimate of drug-likeness (QED) is 0.907. The first-order chi connectivity index (χ1) is 11.0. The Morgan fingerprint density at radius 2 is 1.70 bits per heavy atom. The zero-order valence-electron chi connectivity index (χ0n) is 14.1. The molecule has 120 valence electrons. The van der Waals surface area contributed by atoms with E-state index in [1.807, 2.05) is 38.1 Å². The van der Waals surface area contributed by atoms with E-state index in [1.165, 1.54) is 24.1 Å². The van der Waals surface area contributed by atoms with E-state index in [-0.39, 0.29) is 5.91 Å². The van der Waals surface area contributed by atoms with Crippen molar-refractivity contribution in [3.05, 3.63) is 58.7 Å². The lowest BCUT2D eigenvalue weighted by atomic mass is 10.0. The molecule has 1 heterocycles. The number of nitrogens with zero attached hydrogens (tertiary/aromatic N) is 1. The standard InChI is InChI=1S/C20H24N2O/c1-14-6-8-18(15(2)12-14)20(23)21-19-9-7-17(13-16(19)3)22-10-4-5-11-22/h6-9,12-13H,4-5,10-11H2,1-3H3,(H,21,23). The number of nitrogens with one attached hydrogen (secondary N) is 1.